The molecule has 0 fully saturated rings. The maximum Gasteiger partial charge on any atom is 0.281 e. The Hall–Kier alpha value is -1.92. The second-order valence-corrected chi connectivity index (χ2v) is 5.44. The summed E-state index contributed by atoms with van der Waals surface area (Å²) in [7, 11) is 0. The molecule has 0 unspecified atom stereocenters. The van der Waals surface area contributed by atoms with Gasteiger partial charge in [-0.25, -0.2) is 4.98 Å². The van der Waals surface area contributed by atoms with Crippen molar-refractivity contribution in [2.45, 2.75) is 20.4 Å². The third-order valence-electron chi connectivity index (χ3n) is 2.82. The summed E-state index contributed by atoms with van der Waals surface area (Å²) in [5, 5.41) is 14.5. The second kappa shape index (κ2) is 6.69. The lowest BCUT2D eigenvalue weighted by Gasteiger charge is -2.04. The van der Waals surface area contributed by atoms with Crippen molar-refractivity contribution in [2.24, 2.45) is 5.92 Å². The summed E-state index contributed by atoms with van der Waals surface area (Å²) < 4.78 is 5.56. The molecule has 0 saturated heterocycles. The van der Waals surface area contributed by atoms with E-state index < -0.39 is 4.92 Å². The zero-order valence-corrected chi connectivity index (χ0v) is 12.6. The largest absolute Gasteiger partial charge is 0.439 e. The number of benzene rings is 1. The van der Waals surface area contributed by atoms with Gasteiger partial charge in [-0.05, 0) is 18.5 Å². The fraction of sp³-hybridized carbons (Fsp3) is 0.357. The maximum atomic E-state index is 11.1. The number of aromatic nitrogens is 1. The molecule has 1 aromatic heterocycles. The topological polar surface area (TPSA) is 81.2 Å². The predicted molar refractivity (Wildman–Crippen MR) is 80.1 cm³/mol. The molecule has 6 nitrogen and oxygen atoms in total. The summed E-state index contributed by atoms with van der Waals surface area (Å²) in [4.78, 5) is 14.7. The van der Waals surface area contributed by atoms with Gasteiger partial charge in [0, 0.05) is 6.07 Å². The molecule has 0 aliphatic rings. The van der Waals surface area contributed by atoms with Gasteiger partial charge >= 0.3 is 0 Å². The number of nitro groups is 1. The van der Waals surface area contributed by atoms with Gasteiger partial charge in [0.25, 0.3) is 5.69 Å². The molecule has 0 amide bonds. The third-order valence-corrected chi connectivity index (χ3v) is 3.13. The van der Waals surface area contributed by atoms with Crippen molar-refractivity contribution in [2.75, 3.05) is 6.54 Å². The quantitative estimate of drug-likeness (QED) is 0.650. The number of nitrogens with zero attached hydrogens (tertiary/aromatic N) is 2. The fourth-order valence-electron chi connectivity index (χ4n) is 1.88. The van der Waals surface area contributed by atoms with Crippen molar-refractivity contribution in [3.63, 3.8) is 0 Å². The van der Waals surface area contributed by atoms with Crippen LogP contribution in [0.15, 0.2) is 28.8 Å². The fourth-order valence-corrected chi connectivity index (χ4v) is 2.15. The van der Waals surface area contributed by atoms with Crippen LogP contribution in [-0.2, 0) is 6.54 Å². The molecule has 112 valence electrons. The van der Waals surface area contributed by atoms with Gasteiger partial charge in [0.1, 0.15) is 5.56 Å². The van der Waals surface area contributed by atoms with E-state index in [1.807, 2.05) is 0 Å². The first-order valence-electron chi connectivity index (χ1n) is 6.57. The second-order valence-electron chi connectivity index (χ2n) is 5.03. The van der Waals surface area contributed by atoms with Gasteiger partial charge in [-0.2, -0.15) is 0 Å². The van der Waals surface area contributed by atoms with Gasteiger partial charge in [0.15, 0.2) is 5.76 Å². The van der Waals surface area contributed by atoms with Crippen molar-refractivity contribution in [3.8, 4) is 11.3 Å². The summed E-state index contributed by atoms with van der Waals surface area (Å²) in [6, 6.07) is 4.51. The zero-order valence-electron chi connectivity index (χ0n) is 11.8. The molecule has 7 heteroatoms. The van der Waals surface area contributed by atoms with Gasteiger partial charge in [-0.15, -0.1) is 0 Å². The summed E-state index contributed by atoms with van der Waals surface area (Å²) in [6.45, 7) is 5.50. The van der Waals surface area contributed by atoms with Crippen molar-refractivity contribution in [1.82, 2.24) is 10.3 Å². The van der Waals surface area contributed by atoms with Crippen molar-refractivity contribution in [3.05, 3.63) is 45.4 Å². The van der Waals surface area contributed by atoms with Crippen LogP contribution in [0.4, 0.5) is 5.69 Å². The summed E-state index contributed by atoms with van der Waals surface area (Å²) in [5.41, 5.74) is 0.159. The van der Waals surface area contributed by atoms with E-state index in [1.54, 1.807) is 6.07 Å². The van der Waals surface area contributed by atoms with Crippen LogP contribution in [0.1, 0.15) is 19.7 Å². The SMILES string of the molecule is CC(C)CNCc1ncc(-c2c(Cl)cccc2[N+](=O)[O-])o1. The normalized spacial score (nSPS) is 11.0. The number of halogens is 1. The standard InChI is InChI=1S/C14H16ClN3O3/c1-9(2)6-16-8-13-17-7-12(21-13)14-10(15)4-3-5-11(14)18(19)20/h3-5,7,9,16H,6,8H2,1-2H3. The molecule has 0 aliphatic heterocycles. The van der Waals surface area contributed by atoms with E-state index in [2.05, 4.69) is 24.1 Å². The first kappa shape index (κ1) is 15.5. The molecule has 0 atom stereocenters. The lowest BCUT2D eigenvalue weighted by atomic mass is 10.1. The number of nitrogens with one attached hydrogen (secondary N) is 1. The highest BCUT2D eigenvalue weighted by molar-refractivity contribution is 6.33. The first-order valence-corrected chi connectivity index (χ1v) is 6.95. The lowest BCUT2D eigenvalue weighted by molar-refractivity contribution is -0.384. The van der Waals surface area contributed by atoms with Crippen molar-refractivity contribution >= 4 is 17.3 Å². The Morgan fingerprint density at radius 1 is 1.48 bits per heavy atom. The molecule has 2 aromatic rings. The first-order chi connectivity index (χ1) is 9.99. The van der Waals surface area contributed by atoms with E-state index in [-0.39, 0.29) is 16.3 Å². The van der Waals surface area contributed by atoms with Gasteiger partial charge in [-0.1, -0.05) is 31.5 Å². The zero-order chi connectivity index (χ0) is 15.4. The number of hydrogen-bond acceptors (Lipinski definition) is 5. The number of rotatable bonds is 6. The summed E-state index contributed by atoms with van der Waals surface area (Å²) in [5.74, 6) is 1.29. The van der Waals surface area contributed by atoms with E-state index >= 15 is 0 Å². The molecule has 0 bridgehead atoms. The molecule has 0 radical (unpaired) electrons. The smallest absolute Gasteiger partial charge is 0.281 e. The number of nitro benzene ring substituents is 1. The van der Waals surface area contributed by atoms with Gasteiger partial charge in [-0.3, -0.25) is 10.1 Å². The van der Waals surface area contributed by atoms with Gasteiger partial charge in [0.05, 0.1) is 22.7 Å². The van der Waals surface area contributed by atoms with Crippen LogP contribution in [0.3, 0.4) is 0 Å². The van der Waals surface area contributed by atoms with Crippen LogP contribution in [0.2, 0.25) is 5.02 Å². The van der Waals surface area contributed by atoms with E-state index in [9.17, 15) is 10.1 Å². The van der Waals surface area contributed by atoms with Gasteiger partial charge in [0.2, 0.25) is 5.89 Å². The molecule has 1 heterocycles. The van der Waals surface area contributed by atoms with Crippen LogP contribution in [0.25, 0.3) is 11.3 Å². The van der Waals surface area contributed by atoms with E-state index in [1.165, 1.54) is 18.3 Å². The molecule has 2 rings (SSSR count). The minimum atomic E-state index is -0.486. The Labute approximate surface area is 127 Å². The number of oxazole rings is 1. The van der Waals surface area contributed by atoms with Crippen LogP contribution in [-0.4, -0.2) is 16.5 Å². The van der Waals surface area contributed by atoms with Gasteiger partial charge < -0.3 is 9.73 Å². The minimum absolute atomic E-state index is 0.0969. The molecule has 21 heavy (non-hydrogen) atoms. The summed E-state index contributed by atoms with van der Waals surface area (Å²) in [6.07, 6.45) is 1.46. The summed E-state index contributed by atoms with van der Waals surface area (Å²) >= 11 is 6.06. The van der Waals surface area contributed by atoms with Crippen LogP contribution in [0, 0.1) is 16.0 Å². The Bertz CT molecular complexity index is 640. The van der Waals surface area contributed by atoms with E-state index in [0.717, 1.165) is 6.54 Å². The minimum Gasteiger partial charge on any atom is -0.439 e. The maximum absolute atomic E-state index is 11.1. The molecular weight excluding hydrogens is 294 g/mol. The van der Waals surface area contributed by atoms with E-state index in [4.69, 9.17) is 16.0 Å². The molecule has 0 saturated carbocycles. The average molecular weight is 310 g/mol. The Morgan fingerprint density at radius 3 is 2.90 bits per heavy atom. The molecule has 1 aromatic carbocycles. The molecule has 0 spiro atoms. The third kappa shape index (κ3) is 3.80. The van der Waals surface area contributed by atoms with Crippen LogP contribution in [0.5, 0.6) is 0 Å². The molecule has 0 aliphatic carbocycles. The molecule has 1 N–H and O–H groups in total. The van der Waals surface area contributed by atoms with Crippen molar-refractivity contribution in [1.29, 1.82) is 0 Å². The van der Waals surface area contributed by atoms with Crippen molar-refractivity contribution < 1.29 is 9.34 Å². The lowest BCUT2D eigenvalue weighted by Crippen LogP contribution is -2.18. The highest BCUT2D eigenvalue weighted by Crippen LogP contribution is 2.36. The Balaban J connectivity index is 2.24. The Kier molecular flexibility index (Phi) is 4.93. The van der Waals surface area contributed by atoms with Crippen LogP contribution >= 0.6 is 11.6 Å². The predicted octanol–water partition coefficient (Wildman–Crippen LogP) is 3.65. The highest BCUT2D eigenvalue weighted by Gasteiger charge is 2.21. The van der Waals surface area contributed by atoms with E-state index in [0.29, 0.717) is 24.1 Å². The number of hydrogen-bond donors (Lipinski definition) is 1. The van der Waals surface area contributed by atoms with Crippen LogP contribution < -0.4 is 5.32 Å². The average Bonchev–Trinajstić information content (AvgIpc) is 2.86. The Morgan fingerprint density at radius 2 is 2.24 bits per heavy atom. The monoisotopic (exact) mass is 309 g/mol. The highest BCUT2D eigenvalue weighted by atomic mass is 35.5. The molecular formula is C14H16ClN3O3.